The molecule has 5 nitrogen and oxygen atoms in total. The molecule has 0 aromatic rings. The highest BCUT2D eigenvalue weighted by Crippen LogP contribution is 2.16. The van der Waals surface area contributed by atoms with E-state index in [0.717, 1.165) is 44.9 Å². The van der Waals surface area contributed by atoms with Crippen LogP contribution in [0.1, 0.15) is 277 Å². The molecule has 5 heteroatoms. The average molecular weight is 803 g/mol. The van der Waals surface area contributed by atoms with E-state index in [1.54, 1.807) is 0 Å². The summed E-state index contributed by atoms with van der Waals surface area (Å²) in [7, 11) is 0. The van der Waals surface area contributed by atoms with Crippen LogP contribution in [0, 0.1) is 0 Å². The molecule has 0 spiro atoms. The zero-order chi connectivity index (χ0) is 41.4. The molecule has 0 radical (unpaired) electrons. The molecule has 0 bridgehead atoms. The van der Waals surface area contributed by atoms with Crippen molar-refractivity contribution < 1.29 is 24.2 Å². The van der Waals surface area contributed by atoms with E-state index in [0.29, 0.717) is 12.8 Å². The van der Waals surface area contributed by atoms with Gasteiger partial charge in [-0.2, -0.15) is 0 Å². The molecule has 57 heavy (non-hydrogen) atoms. The molecule has 0 saturated heterocycles. The number of ether oxygens (including phenoxy) is 2. The predicted molar refractivity (Wildman–Crippen MR) is 247 cm³/mol. The summed E-state index contributed by atoms with van der Waals surface area (Å²) < 4.78 is 10.7. The first-order chi connectivity index (χ1) is 28.1. The van der Waals surface area contributed by atoms with Gasteiger partial charge < -0.3 is 14.6 Å². The second-order valence-electron chi connectivity index (χ2n) is 17.3. The van der Waals surface area contributed by atoms with Crippen LogP contribution in [0.4, 0.5) is 0 Å². The zero-order valence-corrected chi connectivity index (χ0v) is 38.4. The molecule has 336 valence electrons. The van der Waals surface area contributed by atoms with Gasteiger partial charge in [0.2, 0.25) is 0 Å². The van der Waals surface area contributed by atoms with E-state index in [1.165, 1.54) is 205 Å². The van der Waals surface area contributed by atoms with Gasteiger partial charge in [0.25, 0.3) is 0 Å². The molecule has 0 heterocycles. The fourth-order valence-corrected chi connectivity index (χ4v) is 7.65. The summed E-state index contributed by atoms with van der Waals surface area (Å²) in [6, 6.07) is 0. The Labute approximate surface area is 355 Å². The third kappa shape index (κ3) is 46.9. The van der Waals surface area contributed by atoms with Gasteiger partial charge in [-0.1, -0.05) is 244 Å². The number of carbonyl (C=O) groups excluding carboxylic acids is 2. The normalized spacial score (nSPS) is 12.3. The van der Waals surface area contributed by atoms with E-state index >= 15 is 0 Å². The third-order valence-corrected chi connectivity index (χ3v) is 11.5. The molecule has 0 aromatic heterocycles. The molecule has 1 unspecified atom stereocenters. The Morgan fingerprint density at radius 1 is 0.404 bits per heavy atom. The van der Waals surface area contributed by atoms with E-state index in [-0.39, 0.29) is 25.2 Å². The monoisotopic (exact) mass is 803 g/mol. The molecule has 0 saturated carbocycles. The fourth-order valence-electron chi connectivity index (χ4n) is 7.65. The van der Waals surface area contributed by atoms with E-state index < -0.39 is 6.10 Å². The lowest BCUT2D eigenvalue weighted by atomic mass is 10.0. The van der Waals surface area contributed by atoms with Gasteiger partial charge in [-0.15, -0.1) is 0 Å². The van der Waals surface area contributed by atoms with Crippen LogP contribution in [0.25, 0.3) is 0 Å². The minimum absolute atomic E-state index is 0.0592. The molecule has 0 aliphatic heterocycles. The number of aliphatic hydroxyl groups is 1. The van der Waals surface area contributed by atoms with Crippen LogP contribution < -0.4 is 0 Å². The van der Waals surface area contributed by atoms with Gasteiger partial charge in [-0.3, -0.25) is 9.59 Å². The molecular weight excluding hydrogens is 705 g/mol. The van der Waals surface area contributed by atoms with E-state index in [4.69, 9.17) is 9.47 Å². The van der Waals surface area contributed by atoms with Crippen molar-refractivity contribution in [1.82, 2.24) is 0 Å². The van der Waals surface area contributed by atoms with Crippen LogP contribution in [-0.4, -0.2) is 36.4 Å². The largest absolute Gasteiger partial charge is 0.462 e. The van der Waals surface area contributed by atoms with Crippen LogP contribution in [0.15, 0.2) is 24.3 Å². The lowest BCUT2D eigenvalue weighted by molar-refractivity contribution is -0.161. The second-order valence-corrected chi connectivity index (χ2v) is 17.3. The van der Waals surface area contributed by atoms with E-state index in [9.17, 15) is 14.7 Å². The maximum Gasteiger partial charge on any atom is 0.306 e. The van der Waals surface area contributed by atoms with Gasteiger partial charge in [0.1, 0.15) is 6.61 Å². The summed E-state index contributed by atoms with van der Waals surface area (Å²) in [5.74, 6) is -0.576. The Balaban J connectivity index is 3.40. The summed E-state index contributed by atoms with van der Waals surface area (Å²) in [6.07, 6.45) is 60.0. The van der Waals surface area contributed by atoms with Crippen LogP contribution >= 0.6 is 0 Å². The highest BCUT2D eigenvalue weighted by molar-refractivity contribution is 5.70. The van der Waals surface area contributed by atoms with Crippen molar-refractivity contribution in [3.63, 3.8) is 0 Å². The van der Waals surface area contributed by atoms with Crippen molar-refractivity contribution >= 4 is 11.9 Å². The van der Waals surface area contributed by atoms with Crippen molar-refractivity contribution in [2.75, 3.05) is 13.2 Å². The van der Waals surface area contributed by atoms with Crippen molar-refractivity contribution in [3.8, 4) is 0 Å². The second kappa shape index (κ2) is 48.7. The molecule has 1 N–H and O–H groups in total. The standard InChI is InChI=1S/C52H98O5/c1-3-5-7-9-11-13-15-17-18-19-20-21-22-23-24-25-26-27-28-29-30-31-32-33-34-35-37-39-41-43-45-47-52(55)57-50(48-53)49-56-51(54)46-44-42-40-38-36-16-14-12-10-8-6-4-2/h15,17,19-20,50,53H,3-14,16,18,21-49H2,1-2H3/b17-15-,20-19-. The van der Waals surface area contributed by atoms with Gasteiger partial charge in [0.05, 0.1) is 6.61 Å². The number of aliphatic hydroxyl groups excluding tert-OH is 1. The molecule has 0 aromatic carbocycles. The Morgan fingerprint density at radius 3 is 1.04 bits per heavy atom. The molecule has 0 rings (SSSR count). The smallest absolute Gasteiger partial charge is 0.306 e. The minimum atomic E-state index is -0.765. The maximum absolute atomic E-state index is 12.2. The molecule has 0 aliphatic carbocycles. The summed E-state index contributed by atoms with van der Waals surface area (Å²) in [5.41, 5.74) is 0. The highest BCUT2D eigenvalue weighted by atomic mass is 16.6. The Hall–Kier alpha value is -1.62. The molecular formula is C52H98O5. The molecule has 0 fully saturated rings. The minimum Gasteiger partial charge on any atom is -0.462 e. The Kier molecular flexibility index (Phi) is 47.4. The Bertz CT molecular complexity index is 867. The molecule has 0 aliphatic rings. The Morgan fingerprint density at radius 2 is 0.702 bits per heavy atom. The van der Waals surface area contributed by atoms with Gasteiger partial charge in [-0.25, -0.2) is 0 Å². The van der Waals surface area contributed by atoms with Crippen molar-refractivity contribution in [2.24, 2.45) is 0 Å². The number of allylic oxidation sites excluding steroid dienone is 4. The van der Waals surface area contributed by atoms with Gasteiger partial charge in [-0.05, 0) is 44.9 Å². The quantitative estimate of drug-likeness (QED) is 0.0377. The van der Waals surface area contributed by atoms with Crippen LogP contribution in [-0.2, 0) is 19.1 Å². The van der Waals surface area contributed by atoms with Gasteiger partial charge in [0.15, 0.2) is 6.10 Å². The third-order valence-electron chi connectivity index (χ3n) is 11.5. The SMILES string of the molecule is CCCCCCC/C=C\C/C=C\CCCCCCCCCCCCCCCCCCCCCC(=O)OC(CO)COC(=O)CCCCCCCCCCCCCC. The van der Waals surface area contributed by atoms with Crippen LogP contribution in [0.5, 0.6) is 0 Å². The summed E-state index contributed by atoms with van der Waals surface area (Å²) in [6.45, 7) is 4.15. The zero-order valence-electron chi connectivity index (χ0n) is 38.4. The number of carbonyl (C=O) groups is 2. The lowest BCUT2D eigenvalue weighted by Crippen LogP contribution is -2.28. The average Bonchev–Trinajstić information content (AvgIpc) is 3.21. The van der Waals surface area contributed by atoms with Crippen LogP contribution in [0.2, 0.25) is 0 Å². The lowest BCUT2D eigenvalue weighted by Gasteiger charge is -2.15. The van der Waals surface area contributed by atoms with Gasteiger partial charge in [0, 0.05) is 12.8 Å². The topological polar surface area (TPSA) is 72.8 Å². The summed E-state index contributed by atoms with van der Waals surface area (Å²) in [4.78, 5) is 24.3. The number of unbranched alkanes of at least 4 members (excludes halogenated alkanes) is 35. The highest BCUT2D eigenvalue weighted by Gasteiger charge is 2.16. The van der Waals surface area contributed by atoms with Crippen molar-refractivity contribution in [1.29, 1.82) is 0 Å². The van der Waals surface area contributed by atoms with Crippen molar-refractivity contribution in [2.45, 2.75) is 283 Å². The van der Waals surface area contributed by atoms with Gasteiger partial charge >= 0.3 is 11.9 Å². The first-order valence-corrected chi connectivity index (χ1v) is 25.4. The number of esters is 2. The fraction of sp³-hybridized carbons (Fsp3) is 0.885. The summed E-state index contributed by atoms with van der Waals surface area (Å²) >= 11 is 0. The van der Waals surface area contributed by atoms with E-state index in [2.05, 4.69) is 38.2 Å². The number of hydrogen-bond donors (Lipinski definition) is 1. The maximum atomic E-state index is 12.2. The van der Waals surface area contributed by atoms with Crippen molar-refractivity contribution in [3.05, 3.63) is 24.3 Å². The molecule has 0 amide bonds. The predicted octanol–water partition coefficient (Wildman–Crippen LogP) is 16.6. The van der Waals surface area contributed by atoms with Crippen LogP contribution in [0.3, 0.4) is 0 Å². The molecule has 1 atom stereocenters. The number of rotatable bonds is 47. The first kappa shape index (κ1) is 55.4. The summed E-state index contributed by atoms with van der Waals surface area (Å²) in [5, 5.41) is 9.59. The first-order valence-electron chi connectivity index (χ1n) is 25.4. The van der Waals surface area contributed by atoms with E-state index in [1.807, 2.05) is 0 Å². The number of hydrogen-bond acceptors (Lipinski definition) is 5.